The van der Waals surface area contributed by atoms with Crippen molar-refractivity contribution in [3.63, 3.8) is 0 Å². The van der Waals surface area contributed by atoms with Crippen LogP contribution in [0.4, 0.5) is 0 Å². The molecular formula is C12H24N+. The van der Waals surface area contributed by atoms with Crippen LogP contribution >= 0.6 is 0 Å². The Balaban J connectivity index is 2.05. The third-order valence-corrected chi connectivity index (χ3v) is 4.13. The summed E-state index contributed by atoms with van der Waals surface area (Å²) in [7, 11) is 2.49. The van der Waals surface area contributed by atoms with Crippen LogP contribution in [0.15, 0.2) is 0 Å². The Kier molecular flexibility index (Phi) is 2.64. The minimum absolute atomic E-state index is 1.07. The molecule has 1 saturated carbocycles. The van der Waals surface area contributed by atoms with E-state index in [2.05, 4.69) is 14.0 Å². The van der Waals surface area contributed by atoms with E-state index in [9.17, 15) is 0 Å². The summed E-state index contributed by atoms with van der Waals surface area (Å²) in [6.07, 6.45) is 7.48. The standard InChI is InChI=1S/C12H24N/c1-3-8-13(2)9-11-4-5-12(10-13)7-6-11/h11-12H,3-10H2,1-2H3/q+1. The second-order valence-corrected chi connectivity index (χ2v) is 5.60. The van der Waals surface area contributed by atoms with Gasteiger partial charge in [0, 0.05) is 11.8 Å². The van der Waals surface area contributed by atoms with Crippen molar-refractivity contribution in [2.24, 2.45) is 11.8 Å². The molecule has 0 N–H and O–H groups in total. The number of hydrogen-bond donors (Lipinski definition) is 0. The van der Waals surface area contributed by atoms with Gasteiger partial charge in [0.25, 0.3) is 0 Å². The van der Waals surface area contributed by atoms with E-state index in [1.165, 1.54) is 56.2 Å². The molecule has 3 rings (SSSR count). The Hall–Kier alpha value is -0.0400. The number of quaternary nitrogens is 1. The maximum atomic E-state index is 2.49. The van der Waals surface area contributed by atoms with Crippen LogP contribution in [-0.4, -0.2) is 31.2 Å². The highest BCUT2D eigenvalue weighted by molar-refractivity contribution is 4.76. The molecule has 0 radical (unpaired) electrons. The molecule has 0 aromatic carbocycles. The first kappa shape index (κ1) is 9.51. The maximum absolute atomic E-state index is 2.49. The van der Waals surface area contributed by atoms with E-state index in [0.29, 0.717) is 0 Å². The second kappa shape index (κ2) is 3.61. The van der Waals surface area contributed by atoms with Crippen LogP contribution in [0.25, 0.3) is 0 Å². The first-order valence-corrected chi connectivity index (χ1v) is 6.05. The van der Waals surface area contributed by atoms with Gasteiger partial charge in [-0.25, -0.2) is 0 Å². The number of hydrogen-bond acceptors (Lipinski definition) is 0. The highest BCUT2D eigenvalue weighted by atomic mass is 15.3. The van der Waals surface area contributed by atoms with Crippen molar-refractivity contribution < 1.29 is 4.48 Å². The molecule has 0 unspecified atom stereocenters. The van der Waals surface area contributed by atoms with Crippen LogP contribution in [0, 0.1) is 11.8 Å². The summed E-state index contributed by atoms with van der Waals surface area (Å²) in [6, 6.07) is 0. The maximum Gasteiger partial charge on any atom is 0.0813 e. The molecule has 1 aliphatic carbocycles. The van der Waals surface area contributed by atoms with Gasteiger partial charge in [0.1, 0.15) is 0 Å². The van der Waals surface area contributed by atoms with E-state index in [1.807, 2.05) is 0 Å². The molecule has 2 bridgehead atoms. The quantitative estimate of drug-likeness (QED) is 0.576. The third-order valence-electron chi connectivity index (χ3n) is 4.13. The second-order valence-electron chi connectivity index (χ2n) is 5.60. The van der Waals surface area contributed by atoms with E-state index >= 15 is 0 Å². The molecule has 2 heterocycles. The van der Waals surface area contributed by atoms with Crippen molar-refractivity contribution in [1.82, 2.24) is 0 Å². The zero-order chi connectivity index (χ0) is 9.31. The fraction of sp³-hybridized carbons (Fsp3) is 1.00. The Labute approximate surface area is 82.7 Å². The summed E-state index contributed by atoms with van der Waals surface area (Å²) in [5.41, 5.74) is 0. The van der Waals surface area contributed by atoms with Gasteiger partial charge in [0.15, 0.2) is 0 Å². The van der Waals surface area contributed by atoms with Crippen LogP contribution in [0.3, 0.4) is 0 Å². The number of fused-ring (bicyclic) bond motifs is 4. The summed E-state index contributed by atoms with van der Waals surface area (Å²) in [4.78, 5) is 0. The first-order chi connectivity index (χ1) is 6.22. The molecule has 3 aliphatic rings. The van der Waals surface area contributed by atoms with E-state index < -0.39 is 0 Å². The normalized spacial score (nSPS) is 44.8. The summed E-state index contributed by atoms with van der Waals surface area (Å²) in [5.74, 6) is 2.13. The fourth-order valence-corrected chi connectivity index (χ4v) is 3.64. The van der Waals surface area contributed by atoms with Crippen LogP contribution in [-0.2, 0) is 0 Å². The summed E-state index contributed by atoms with van der Waals surface area (Å²) < 4.78 is 1.38. The third kappa shape index (κ3) is 2.07. The van der Waals surface area contributed by atoms with Crippen molar-refractivity contribution >= 4 is 0 Å². The van der Waals surface area contributed by atoms with Crippen molar-refractivity contribution in [2.75, 3.05) is 26.7 Å². The Morgan fingerprint density at radius 3 is 1.85 bits per heavy atom. The van der Waals surface area contributed by atoms with Gasteiger partial charge in [-0.1, -0.05) is 6.92 Å². The highest BCUT2D eigenvalue weighted by Gasteiger charge is 2.36. The number of rotatable bonds is 2. The van der Waals surface area contributed by atoms with Crippen LogP contribution in [0.5, 0.6) is 0 Å². The van der Waals surface area contributed by atoms with Crippen LogP contribution in [0.1, 0.15) is 39.0 Å². The van der Waals surface area contributed by atoms with E-state index in [-0.39, 0.29) is 0 Å². The fourth-order valence-electron chi connectivity index (χ4n) is 3.64. The van der Waals surface area contributed by atoms with Gasteiger partial charge in [0.2, 0.25) is 0 Å². The lowest BCUT2D eigenvalue weighted by molar-refractivity contribution is -0.913. The van der Waals surface area contributed by atoms with Gasteiger partial charge in [0.05, 0.1) is 26.7 Å². The summed E-state index contributed by atoms with van der Waals surface area (Å²) >= 11 is 0. The molecule has 0 atom stereocenters. The predicted molar refractivity (Wildman–Crippen MR) is 56.5 cm³/mol. The van der Waals surface area contributed by atoms with Gasteiger partial charge in [-0.3, -0.25) is 0 Å². The summed E-state index contributed by atoms with van der Waals surface area (Å²) in [5, 5.41) is 0. The predicted octanol–water partition coefficient (Wildman–Crippen LogP) is 2.66. The van der Waals surface area contributed by atoms with Crippen molar-refractivity contribution in [2.45, 2.75) is 39.0 Å². The molecule has 0 amide bonds. The Morgan fingerprint density at radius 1 is 1.00 bits per heavy atom. The molecule has 0 aromatic heterocycles. The van der Waals surface area contributed by atoms with E-state index in [1.54, 1.807) is 0 Å². The average Bonchev–Trinajstić information content (AvgIpc) is 2.31. The lowest BCUT2D eigenvalue weighted by atomic mass is 9.84. The first-order valence-electron chi connectivity index (χ1n) is 6.05. The molecule has 76 valence electrons. The molecule has 1 heteroatoms. The average molecular weight is 182 g/mol. The van der Waals surface area contributed by atoms with Crippen molar-refractivity contribution in [3.05, 3.63) is 0 Å². The summed E-state index contributed by atoms with van der Waals surface area (Å²) in [6.45, 7) is 6.69. The largest absolute Gasteiger partial charge is 0.326 e. The van der Waals surface area contributed by atoms with Crippen LogP contribution in [0.2, 0.25) is 0 Å². The molecular weight excluding hydrogens is 158 g/mol. The van der Waals surface area contributed by atoms with E-state index in [4.69, 9.17) is 0 Å². The van der Waals surface area contributed by atoms with Gasteiger partial charge in [-0.2, -0.15) is 0 Å². The lowest BCUT2D eigenvalue weighted by Crippen LogP contribution is -2.47. The minimum atomic E-state index is 1.07. The van der Waals surface area contributed by atoms with E-state index in [0.717, 1.165) is 11.8 Å². The molecule has 3 fully saturated rings. The Morgan fingerprint density at radius 2 is 1.46 bits per heavy atom. The van der Waals surface area contributed by atoms with Gasteiger partial charge < -0.3 is 4.48 Å². The molecule has 0 spiro atoms. The van der Waals surface area contributed by atoms with Gasteiger partial charge >= 0.3 is 0 Å². The zero-order valence-corrected chi connectivity index (χ0v) is 9.26. The molecule has 0 aromatic rings. The van der Waals surface area contributed by atoms with Crippen LogP contribution < -0.4 is 0 Å². The smallest absolute Gasteiger partial charge is 0.0813 e. The number of nitrogens with zero attached hydrogens (tertiary/aromatic N) is 1. The zero-order valence-electron chi connectivity index (χ0n) is 9.26. The van der Waals surface area contributed by atoms with Gasteiger partial charge in [-0.15, -0.1) is 0 Å². The minimum Gasteiger partial charge on any atom is -0.326 e. The monoisotopic (exact) mass is 182 g/mol. The molecule has 2 saturated heterocycles. The SMILES string of the molecule is CCC[N+]1(C)CC2CCC(CC2)C1. The molecule has 2 aliphatic heterocycles. The Bertz CT molecular complexity index is 154. The van der Waals surface area contributed by atoms with Crippen molar-refractivity contribution in [1.29, 1.82) is 0 Å². The molecule has 13 heavy (non-hydrogen) atoms. The lowest BCUT2D eigenvalue weighted by Gasteiger charge is -2.34. The van der Waals surface area contributed by atoms with Crippen molar-refractivity contribution in [3.8, 4) is 0 Å². The highest BCUT2D eigenvalue weighted by Crippen LogP contribution is 2.36. The van der Waals surface area contributed by atoms with Gasteiger partial charge in [-0.05, 0) is 32.1 Å². The molecule has 1 nitrogen and oxygen atoms in total. The topological polar surface area (TPSA) is 0 Å².